The fraction of sp³-hybridized carbons (Fsp3) is 0.462. The third-order valence-corrected chi connectivity index (χ3v) is 2.73. The Labute approximate surface area is 96.0 Å². The van der Waals surface area contributed by atoms with Gasteiger partial charge in [-0.2, -0.15) is 5.26 Å². The summed E-state index contributed by atoms with van der Waals surface area (Å²) in [7, 11) is 1.68. The van der Waals surface area contributed by atoms with Gasteiger partial charge in [0.05, 0.1) is 12.7 Å². The number of benzene rings is 1. The summed E-state index contributed by atoms with van der Waals surface area (Å²) in [5.41, 5.74) is 2.17. The van der Waals surface area contributed by atoms with Crippen LogP contribution in [0.25, 0.3) is 0 Å². The molecule has 1 atom stereocenters. The quantitative estimate of drug-likeness (QED) is 0.820. The molecular formula is C13H16N2O. The van der Waals surface area contributed by atoms with Crippen molar-refractivity contribution in [2.45, 2.75) is 31.5 Å². The summed E-state index contributed by atoms with van der Waals surface area (Å²) >= 11 is 0. The highest BCUT2D eigenvalue weighted by atomic mass is 16.5. The summed E-state index contributed by atoms with van der Waals surface area (Å²) in [6.45, 7) is 0.619. The fourth-order valence-corrected chi connectivity index (χ4v) is 1.67. The molecule has 1 saturated carbocycles. The van der Waals surface area contributed by atoms with Crippen LogP contribution < -0.4 is 5.32 Å². The molecule has 1 aromatic carbocycles. The van der Waals surface area contributed by atoms with Crippen molar-refractivity contribution in [3.63, 3.8) is 0 Å². The summed E-state index contributed by atoms with van der Waals surface area (Å²) in [4.78, 5) is 0. The van der Waals surface area contributed by atoms with Crippen molar-refractivity contribution in [1.29, 1.82) is 5.26 Å². The maximum Gasteiger partial charge on any atom is 0.121 e. The average molecular weight is 216 g/mol. The summed E-state index contributed by atoms with van der Waals surface area (Å²) < 4.78 is 5.05. The summed E-state index contributed by atoms with van der Waals surface area (Å²) in [5.74, 6) is 0. The first-order valence-electron chi connectivity index (χ1n) is 5.57. The minimum atomic E-state index is -0.177. The lowest BCUT2D eigenvalue weighted by Gasteiger charge is -2.11. The normalized spacial score (nSPS) is 16.8. The van der Waals surface area contributed by atoms with Crippen LogP contribution >= 0.6 is 0 Å². The molecule has 84 valence electrons. The van der Waals surface area contributed by atoms with Crippen LogP contribution in [0, 0.1) is 11.3 Å². The molecule has 1 aliphatic rings. The zero-order valence-electron chi connectivity index (χ0n) is 9.44. The van der Waals surface area contributed by atoms with E-state index < -0.39 is 0 Å². The van der Waals surface area contributed by atoms with Crippen LogP contribution in [0.3, 0.4) is 0 Å². The highest BCUT2D eigenvalue weighted by molar-refractivity contribution is 5.28. The molecule has 0 aliphatic heterocycles. The number of nitriles is 1. The Kier molecular flexibility index (Phi) is 3.55. The van der Waals surface area contributed by atoms with Gasteiger partial charge in [-0.05, 0) is 24.0 Å². The van der Waals surface area contributed by atoms with Gasteiger partial charge in [0.25, 0.3) is 0 Å². The van der Waals surface area contributed by atoms with Crippen molar-refractivity contribution in [3.8, 4) is 6.07 Å². The molecular weight excluding hydrogens is 200 g/mol. The second kappa shape index (κ2) is 5.11. The number of hydrogen-bond acceptors (Lipinski definition) is 3. The number of hydrogen-bond donors (Lipinski definition) is 1. The molecule has 1 N–H and O–H groups in total. The number of methoxy groups -OCH3 is 1. The van der Waals surface area contributed by atoms with E-state index in [2.05, 4.69) is 11.4 Å². The van der Waals surface area contributed by atoms with Crippen molar-refractivity contribution in [3.05, 3.63) is 35.4 Å². The Morgan fingerprint density at radius 3 is 2.62 bits per heavy atom. The Bertz CT molecular complexity index is 376. The van der Waals surface area contributed by atoms with E-state index in [0.29, 0.717) is 12.6 Å². The van der Waals surface area contributed by atoms with Gasteiger partial charge in [0.1, 0.15) is 6.04 Å². The standard InChI is InChI=1S/C13H16N2O/c1-16-9-10-2-4-11(5-3-10)13(8-14)15-12-6-7-12/h2-5,12-13,15H,6-7,9H2,1H3. The van der Waals surface area contributed by atoms with E-state index in [1.54, 1.807) is 7.11 Å². The molecule has 3 nitrogen and oxygen atoms in total. The van der Waals surface area contributed by atoms with Gasteiger partial charge in [-0.25, -0.2) is 0 Å². The van der Waals surface area contributed by atoms with Crippen LogP contribution in [0.1, 0.15) is 30.0 Å². The second-order valence-corrected chi connectivity index (χ2v) is 4.18. The predicted molar refractivity (Wildman–Crippen MR) is 61.7 cm³/mol. The molecule has 1 aromatic rings. The minimum absolute atomic E-state index is 0.177. The molecule has 0 amide bonds. The highest BCUT2D eigenvalue weighted by Gasteiger charge is 2.25. The average Bonchev–Trinajstić information content (AvgIpc) is 3.11. The zero-order valence-corrected chi connectivity index (χ0v) is 9.44. The molecule has 0 radical (unpaired) electrons. The molecule has 0 heterocycles. The third-order valence-electron chi connectivity index (χ3n) is 2.73. The van der Waals surface area contributed by atoms with Crippen LogP contribution in [0.5, 0.6) is 0 Å². The van der Waals surface area contributed by atoms with Crippen molar-refractivity contribution in [2.75, 3.05) is 7.11 Å². The van der Waals surface area contributed by atoms with Gasteiger partial charge in [-0.1, -0.05) is 24.3 Å². The summed E-state index contributed by atoms with van der Waals surface area (Å²) in [6, 6.07) is 10.7. The van der Waals surface area contributed by atoms with Crippen LogP contribution in [0.15, 0.2) is 24.3 Å². The zero-order chi connectivity index (χ0) is 11.4. The second-order valence-electron chi connectivity index (χ2n) is 4.18. The smallest absolute Gasteiger partial charge is 0.121 e. The van der Waals surface area contributed by atoms with Crippen LogP contribution in [0.4, 0.5) is 0 Å². The summed E-state index contributed by atoms with van der Waals surface area (Å²) in [6.07, 6.45) is 2.39. The van der Waals surface area contributed by atoms with Crippen molar-refractivity contribution < 1.29 is 4.74 Å². The fourth-order valence-electron chi connectivity index (χ4n) is 1.67. The lowest BCUT2D eigenvalue weighted by Crippen LogP contribution is -2.21. The minimum Gasteiger partial charge on any atom is -0.380 e. The molecule has 3 heteroatoms. The van der Waals surface area contributed by atoms with Gasteiger partial charge in [0.15, 0.2) is 0 Å². The first kappa shape index (κ1) is 11.1. The lowest BCUT2D eigenvalue weighted by molar-refractivity contribution is 0.185. The van der Waals surface area contributed by atoms with Gasteiger partial charge in [-0.3, -0.25) is 5.32 Å². The Hall–Kier alpha value is -1.37. The van der Waals surface area contributed by atoms with Gasteiger partial charge in [0, 0.05) is 13.2 Å². The largest absolute Gasteiger partial charge is 0.380 e. The topological polar surface area (TPSA) is 45.0 Å². The Morgan fingerprint density at radius 1 is 1.44 bits per heavy atom. The van der Waals surface area contributed by atoms with Crippen LogP contribution in [-0.2, 0) is 11.3 Å². The van der Waals surface area contributed by atoms with Crippen molar-refractivity contribution in [1.82, 2.24) is 5.32 Å². The van der Waals surface area contributed by atoms with E-state index in [0.717, 1.165) is 11.1 Å². The van der Waals surface area contributed by atoms with E-state index >= 15 is 0 Å². The van der Waals surface area contributed by atoms with Crippen molar-refractivity contribution in [2.24, 2.45) is 0 Å². The van der Waals surface area contributed by atoms with E-state index in [1.807, 2.05) is 24.3 Å². The van der Waals surface area contributed by atoms with Crippen molar-refractivity contribution >= 4 is 0 Å². The van der Waals surface area contributed by atoms with E-state index in [4.69, 9.17) is 10.00 Å². The van der Waals surface area contributed by atoms with E-state index in [-0.39, 0.29) is 6.04 Å². The molecule has 1 unspecified atom stereocenters. The van der Waals surface area contributed by atoms with Gasteiger partial charge in [0.2, 0.25) is 0 Å². The Balaban J connectivity index is 2.03. The van der Waals surface area contributed by atoms with Gasteiger partial charge < -0.3 is 4.74 Å². The molecule has 0 aromatic heterocycles. The molecule has 16 heavy (non-hydrogen) atoms. The molecule has 1 aliphatic carbocycles. The first-order valence-corrected chi connectivity index (χ1v) is 5.57. The maximum absolute atomic E-state index is 9.09. The summed E-state index contributed by atoms with van der Waals surface area (Å²) in [5, 5.41) is 12.4. The number of nitrogens with zero attached hydrogens (tertiary/aromatic N) is 1. The predicted octanol–water partition coefficient (Wildman–Crippen LogP) is 2.15. The first-order chi connectivity index (χ1) is 7.83. The lowest BCUT2D eigenvalue weighted by atomic mass is 10.1. The Morgan fingerprint density at radius 2 is 2.12 bits per heavy atom. The number of rotatable bonds is 5. The van der Waals surface area contributed by atoms with Crippen LogP contribution in [-0.4, -0.2) is 13.2 Å². The monoisotopic (exact) mass is 216 g/mol. The molecule has 2 rings (SSSR count). The van der Waals surface area contributed by atoms with E-state index in [1.165, 1.54) is 12.8 Å². The molecule has 0 saturated heterocycles. The molecule has 1 fully saturated rings. The van der Waals surface area contributed by atoms with Gasteiger partial charge >= 0.3 is 0 Å². The van der Waals surface area contributed by atoms with Crippen LogP contribution in [0.2, 0.25) is 0 Å². The van der Waals surface area contributed by atoms with Gasteiger partial charge in [-0.15, -0.1) is 0 Å². The van der Waals surface area contributed by atoms with E-state index in [9.17, 15) is 0 Å². The third kappa shape index (κ3) is 2.82. The number of ether oxygens (including phenoxy) is 1. The highest BCUT2D eigenvalue weighted by Crippen LogP contribution is 2.24. The molecule has 0 bridgehead atoms. The SMILES string of the molecule is COCc1ccc(C(C#N)NC2CC2)cc1. The maximum atomic E-state index is 9.09. The molecule has 0 spiro atoms. The number of nitrogens with one attached hydrogen (secondary N) is 1.